The van der Waals surface area contributed by atoms with Crippen molar-refractivity contribution >= 4 is 23.3 Å². The zero-order chi connectivity index (χ0) is 25.7. The molecule has 4 rings (SSSR count). The van der Waals surface area contributed by atoms with Crippen LogP contribution in [0.1, 0.15) is 23.1 Å². The molecule has 36 heavy (non-hydrogen) atoms. The van der Waals surface area contributed by atoms with E-state index in [1.807, 2.05) is 0 Å². The third-order valence-electron chi connectivity index (χ3n) is 5.04. The molecule has 11 nitrogen and oxygen atoms in total. The molecule has 1 aromatic carbocycles. The fraction of sp³-hybridized carbons (Fsp3) is 0.167. The van der Waals surface area contributed by atoms with Gasteiger partial charge >= 0.3 is 17.3 Å². The minimum absolute atomic E-state index is 0.0666. The van der Waals surface area contributed by atoms with Gasteiger partial charge in [-0.15, -0.1) is 0 Å². The lowest BCUT2D eigenvalue weighted by atomic mass is 10.3. The Morgan fingerprint density at radius 2 is 1.83 bits per heavy atom. The van der Waals surface area contributed by atoms with Crippen molar-refractivity contribution in [3.63, 3.8) is 0 Å². The van der Waals surface area contributed by atoms with Gasteiger partial charge in [0.2, 0.25) is 5.62 Å². The summed E-state index contributed by atoms with van der Waals surface area (Å²) in [6.45, 7) is 1.98. The van der Waals surface area contributed by atoms with Crippen LogP contribution in [0.2, 0.25) is 5.02 Å². The summed E-state index contributed by atoms with van der Waals surface area (Å²) in [5.74, 6) is 0.302. The molecule has 0 bridgehead atoms. The van der Waals surface area contributed by atoms with E-state index in [1.165, 1.54) is 30.1 Å². The molecule has 0 amide bonds. The van der Waals surface area contributed by atoms with Crippen molar-refractivity contribution in [1.29, 1.82) is 0 Å². The number of halogens is 1. The molecule has 0 aliphatic rings. The number of rotatable bonds is 7. The number of methoxy groups -OCH3 is 1. The van der Waals surface area contributed by atoms with Gasteiger partial charge in [-0.1, -0.05) is 11.6 Å². The van der Waals surface area contributed by atoms with Crippen LogP contribution < -0.4 is 21.7 Å². The van der Waals surface area contributed by atoms with Gasteiger partial charge in [0.15, 0.2) is 5.69 Å². The molecular formula is C24H21ClN6O5. The lowest BCUT2D eigenvalue weighted by molar-refractivity contribution is 0.0593. The number of aromatic amines is 1. The van der Waals surface area contributed by atoms with Gasteiger partial charge in [0.25, 0.3) is 0 Å². The number of ether oxygens (including phenoxy) is 2. The monoisotopic (exact) mass is 508 g/mol. The summed E-state index contributed by atoms with van der Waals surface area (Å²) in [5, 5.41) is 0.469. The van der Waals surface area contributed by atoms with Crippen LogP contribution in [0, 0.1) is 0 Å². The summed E-state index contributed by atoms with van der Waals surface area (Å²) < 4.78 is 12.8. The molecule has 0 atom stereocenters. The van der Waals surface area contributed by atoms with Gasteiger partial charge < -0.3 is 9.47 Å². The van der Waals surface area contributed by atoms with E-state index >= 15 is 0 Å². The molecule has 4 aromatic rings. The van der Waals surface area contributed by atoms with E-state index < -0.39 is 17.3 Å². The third-order valence-corrected chi connectivity index (χ3v) is 5.26. The smallest absolute Gasteiger partial charge is 0.356 e. The van der Waals surface area contributed by atoms with Crippen molar-refractivity contribution in [2.45, 2.75) is 20.0 Å². The van der Waals surface area contributed by atoms with Gasteiger partial charge in [-0.25, -0.2) is 28.9 Å². The van der Waals surface area contributed by atoms with E-state index in [1.54, 1.807) is 49.4 Å². The maximum atomic E-state index is 13.0. The first kappa shape index (κ1) is 24.6. The summed E-state index contributed by atoms with van der Waals surface area (Å²) in [4.78, 5) is 52.4. The number of H-pyrrole nitrogens is 1. The number of carbonyl (C=O) groups is 1. The Bertz CT molecular complexity index is 1570. The number of aromatic nitrogens is 5. The number of carbonyl (C=O) groups excluding carboxylic acids is 1. The van der Waals surface area contributed by atoms with E-state index in [0.29, 0.717) is 27.9 Å². The Morgan fingerprint density at radius 1 is 1.06 bits per heavy atom. The number of hydrogen-bond acceptors (Lipinski definition) is 8. The molecule has 0 radical (unpaired) electrons. The summed E-state index contributed by atoms with van der Waals surface area (Å²) in [7, 11) is 1.27. The van der Waals surface area contributed by atoms with E-state index in [-0.39, 0.29) is 24.4 Å². The zero-order valence-electron chi connectivity index (χ0n) is 19.3. The Kier molecular flexibility index (Phi) is 7.40. The van der Waals surface area contributed by atoms with E-state index in [2.05, 4.69) is 24.7 Å². The van der Waals surface area contributed by atoms with Gasteiger partial charge in [0, 0.05) is 25.0 Å². The summed E-state index contributed by atoms with van der Waals surface area (Å²) in [5.41, 5.74) is 0.134. The van der Waals surface area contributed by atoms with Crippen LogP contribution in [0.4, 0.5) is 5.69 Å². The number of nitrogens with zero attached hydrogens (tertiary/aromatic N) is 5. The van der Waals surface area contributed by atoms with Gasteiger partial charge in [-0.3, -0.25) is 14.5 Å². The lowest BCUT2D eigenvalue weighted by Crippen LogP contribution is -2.49. The first-order valence-corrected chi connectivity index (χ1v) is 11.2. The molecule has 0 aliphatic carbocycles. The molecule has 0 unspecified atom stereocenters. The highest BCUT2D eigenvalue weighted by Crippen LogP contribution is 2.24. The van der Waals surface area contributed by atoms with Crippen molar-refractivity contribution in [2.75, 3.05) is 7.11 Å². The highest BCUT2D eigenvalue weighted by Gasteiger charge is 2.10. The fourth-order valence-corrected chi connectivity index (χ4v) is 3.38. The molecule has 0 aliphatic heterocycles. The predicted octanol–water partition coefficient (Wildman–Crippen LogP) is 2.66. The van der Waals surface area contributed by atoms with Crippen molar-refractivity contribution in [3.8, 4) is 11.5 Å². The van der Waals surface area contributed by atoms with E-state index in [0.717, 1.165) is 4.57 Å². The normalized spacial score (nSPS) is 11.4. The lowest BCUT2D eigenvalue weighted by Gasteiger charge is -2.10. The van der Waals surface area contributed by atoms with Crippen molar-refractivity contribution in [3.05, 3.63) is 104 Å². The van der Waals surface area contributed by atoms with Gasteiger partial charge in [0.05, 0.1) is 30.1 Å². The fourth-order valence-electron chi connectivity index (χ4n) is 3.26. The Balaban J connectivity index is 1.66. The Morgan fingerprint density at radius 3 is 2.50 bits per heavy atom. The van der Waals surface area contributed by atoms with Gasteiger partial charge in [0.1, 0.15) is 11.5 Å². The standard InChI is InChI=1S/C24H21ClN6O5/c1-3-30-23(33)29-22(31(24(30)34)14-17-5-4-15(25)13-27-17)28-16-6-8-18(9-7-16)36-19-10-11-26-20(12-19)21(32)35-2/h4-13H,3,14H2,1-2H3,(H,28,29,33). The average molecular weight is 509 g/mol. The second kappa shape index (κ2) is 10.8. The number of esters is 1. The van der Waals surface area contributed by atoms with E-state index in [4.69, 9.17) is 16.3 Å². The molecule has 3 aromatic heterocycles. The third kappa shape index (κ3) is 5.58. The minimum Gasteiger partial charge on any atom is -0.464 e. The van der Waals surface area contributed by atoms with Gasteiger partial charge in [-0.2, -0.15) is 0 Å². The van der Waals surface area contributed by atoms with Crippen LogP contribution >= 0.6 is 11.6 Å². The summed E-state index contributed by atoms with van der Waals surface area (Å²) in [6.07, 6.45) is 2.92. The molecular weight excluding hydrogens is 488 g/mol. The van der Waals surface area contributed by atoms with Crippen LogP contribution in [-0.2, 0) is 17.8 Å². The van der Waals surface area contributed by atoms with Crippen LogP contribution in [0.3, 0.4) is 0 Å². The highest BCUT2D eigenvalue weighted by atomic mass is 35.5. The minimum atomic E-state index is -0.573. The predicted molar refractivity (Wildman–Crippen MR) is 131 cm³/mol. The molecule has 1 N–H and O–H groups in total. The number of pyridine rings is 2. The molecule has 0 spiro atoms. The molecule has 184 valence electrons. The molecule has 12 heteroatoms. The maximum Gasteiger partial charge on any atom is 0.356 e. The summed E-state index contributed by atoms with van der Waals surface area (Å²) >= 11 is 5.91. The molecule has 3 heterocycles. The quantitative estimate of drug-likeness (QED) is 0.379. The average Bonchev–Trinajstić information content (AvgIpc) is 2.88. The number of benzene rings is 1. The van der Waals surface area contributed by atoms with Crippen LogP contribution in [0.5, 0.6) is 11.5 Å². The van der Waals surface area contributed by atoms with Crippen molar-refractivity contribution < 1.29 is 14.3 Å². The first-order chi connectivity index (χ1) is 17.4. The van der Waals surface area contributed by atoms with Crippen LogP contribution in [-0.4, -0.2) is 37.2 Å². The number of hydrogen-bond donors (Lipinski definition) is 1. The largest absolute Gasteiger partial charge is 0.464 e. The Hall–Kier alpha value is -4.51. The number of nitrogens with one attached hydrogen (secondary N) is 1. The topological polar surface area (TPSA) is 133 Å². The van der Waals surface area contributed by atoms with Crippen LogP contribution in [0.15, 0.2) is 75.5 Å². The Labute approximate surface area is 209 Å². The second-order valence-electron chi connectivity index (χ2n) is 7.41. The van der Waals surface area contributed by atoms with Crippen molar-refractivity contribution in [2.24, 2.45) is 4.99 Å². The SMILES string of the molecule is CCn1c(=O)[nH]/c(=N\c2ccc(Oc3ccnc(C(=O)OC)c3)cc2)n(Cc2ccc(Cl)cn2)c1=O. The molecule has 0 fully saturated rings. The maximum absolute atomic E-state index is 13.0. The zero-order valence-corrected chi connectivity index (χ0v) is 20.1. The summed E-state index contributed by atoms with van der Waals surface area (Å²) in [6, 6.07) is 13.1. The van der Waals surface area contributed by atoms with Crippen LogP contribution in [0.25, 0.3) is 0 Å². The van der Waals surface area contributed by atoms with Gasteiger partial charge in [-0.05, 0) is 49.4 Å². The highest BCUT2D eigenvalue weighted by molar-refractivity contribution is 6.30. The first-order valence-electron chi connectivity index (χ1n) is 10.8. The molecule has 0 saturated carbocycles. The van der Waals surface area contributed by atoms with Crippen molar-refractivity contribution in [1.82, 2.24) is 24.1 Å². The van der Waals surface area contributed by atoms with E-state index in [9.17, 15) is 14.4 Å². The second-order valence-corrected chi connectivity index (χ2v) is 7.85. The molecule has 0 saturated heterocycles.